The van der Waals surface area contributed by atoms with E-state index in [9.17, 15) is 9.59 Å². The first-order valence-electron chi connectivity index (χ1n) is 8.15. The van der Waals surface area contributed by atoms with Gasteiger partial charge in [-0.25, -0.2) is 9.79 Å². The van der Waals surface area contributed by atoms with Crippen LogP contribution in [-0.4, -0.2) is 33.3 Å². The van der Waals surface area contributed by atoms with E-state index in [4.69, 9.17) is 27.9 Å². The van der Waals surface area contributed by atoms with E-state index < -0.39 is 12.0 Å². The summed E-state index contributed by atoms with van der Waals surface area (Å²) in [7, 11) is 0. The highest BCUT2D eigenvalue weighted by atomic mass is 35.5. The summed E-state index contributed by atoms with van der Waals surface area (Å²) in [6.45, 7) is 7.12. The van der Waals surface area contributed by atoms with E-state index in [1.165, 1.54) is 11.8 Å². The Morgan fingerprint density at radius 2 is 2.00 bits per heavy atom. The summed E-state index contributed by atoms with van der Waals surface area (Å²) in [6.07, 6.45) is -0.287. The molecule has 0 aromatic heterocycles. The second-order valence-electron chi connectivity index (χ2n) is 6.39. The van der Waals surface area contributed by atoms with Crippen molar-refractivity contribution in [2.75, 3.05) is 0 Å². The lowest BCUT2D eigenvalue weighted by molar-refractivity contribution is -0.143. The number of nitrogens with zero attached hydrogens (tertiary/aromatic N) is 2. The normalized spacial score (nSPS) is 22.7. The molecule has 1 amide bonds. The quantitative estimate of drug-likeness (QED) is 0.680. The highest BCUT2D eigenvalue weighted by Gasteiger charge is 2.46. The summed E-state index contributed by atoms with van der Waals surface area (Å²) in [4.78, 5) is 31.6. The molecule has 0 spiro atoms. The lowest BCUT2D eigenvalue weighted by Gasteiger charge is -2.33. The Bertz CT molecular complexity index is 851. The van der Waals surface area contributed by atoms with Crippen molar-refractivity contribution in [2.45, 2.75) is 45.1 Å². The van der Waals surface area contributed by atoms with Crippen molar-refractivity contribution >= 4 is 52.0 Å². The van der Waals surface area contributed by atoms with Crippen LogP contribution in [0.4, 0.5) is 0 Å². The van der Waals surface area contributed by atoms with Gasteiger partial charge in [0.2, 0.25) is 5.91 Å². The van der Waals surface area contributed by atoms with Crippen LogP contribution in [0.2, 0.25) is 10.0 Å². The molecule has 138 valence electrons. The third-order valence-electron chi connectivity index (χ3n) is 4.08. The van der Waals surface area contributed by atoms with Crippen LogP contribution in [0.15, 0.2) is 34.5 Å². The number of allylic oxidation sites excluding steroid dienone is 1. The largest absolute Gasteiger partial charge is 0.459 e. The molecule has 0 N–H and O–H groups in total. The van der Waals surface area contributed by atoms with Crippen molar-refractivity contribution in [3.8, 4) is 0 Å². The van der Waals surface area contributed by atoms with Crippen molar-refractivity contribution in [1.29, 1.82) is 0 Å². The number of carbonyl (C=O) groups is 2. The zero-order valence-electron chi connectivity index (χ0n) is 14.7. The molecular formula is C18H18Cl2N2O3S. The van der Waals surface area contributed by atoms with Gasteiger partial charge in [-0.05, 0) is 45.4 Å². The molecule has 0 aliphatic carbocycles. The summed E-state index contributed by atoms with van der Waals surface area (Å²) in [6, 6.07) is 4.45. The lowest BCUT2D eigenvalue weighted by atomic mass is 9.94. The fourth-order valence-electron chi connectivity index (χ4n) is 2.94. The van der Waals surface area contributed by atoms with Gasteiger partial charge in [-0.3, -0.25) is 9.69 Å². The number of ether oxygens (including phenoxy) is 1. The summed E-state index contributed by atoms with van der Waals surface area (Å²) in [5.41, 5.74) is 1.56. The van der Waals surface area contributed by atoms with E-state index in [0.29, 0.717) is 32.0 Å². The molecule has 5 nitrogen and oxygen atoms in total. The molecule has 8 heteroatoms. The van der Waals surface area contributed by atoms with Crippen LogP contribution >= 0.6 is 35.0 Å². The van der Waals surface area contributed by atoms with Gasteiger partial charge in [0, 0.05) is 0 Å². The lowest BCUT2D eigenvalue weighted by Crippen LogP contribution is -2.40. The molecule has 0 unspecified atom stereocenters. The first-order chi connectivity index (χ1) is 12.2. The molecule has 3 rings (SSSR count). The fraction of sp³-hybridized carbons (Fsp3) is 0.389. The number of benzene rings is 1. The molecule has 2 aliphatic heterocycles. The zero-order valence-corrected chi connectivity index (χ0v) is 17.1. The van der Waals surface area contributed by atoms with Crippen LogP contribution in [-0.2, 0) is 14.3 Å². The van der Waals surface area contributed by atoms with E-state index >= 15 is 0 Å². The molecular weight excluding hydrogens is 395 g/mol. The number of amides is 1. The third-order valence-corrected chi connectivity index (χ3v) is 5.87. The van der Waals surface area contributed by atoms with E-state index in [1.54, 1.807) is 43.9 Å². The van der Waals surface area contributed by atoms with Crippen LogP contribution in [0, 0.1) is 0 Å². The molecule has 1 fully saturated rings. The monoisotopic (exact) mass is 412 g/mol. The summed E-state index contributed by atoms with van der Waals surface area (Å²) in [5.74, 6) is -0.596. The minimum Gasteiger partial charge on any atom is -0.459 e. The Kier molecular flexibility index (Phi) is 5.37. The topological polar surface area (TPSA) is 59.0 Å². The molecule has 1 aromatic rings. The molecule has 0 saturated carbocycles. The third kappa shape index (κ3) is 3.38. The SMILES string of the molecule is CC1=C(C(=O)OC(C)C)[C@@H](c2ccc(Cl)c(Cl)c2)N2C(=O)[C@H](C)SC2=N1. The molecule has 0 bridgehead atoms. The molecule has 2 aliphatic rings. The van der Waals surface area contributed by atoms with E-state index in [2.05, 4.69) is 4.99 Å². The van der Waals surface area contributed by atoms with Crippen LogP contribution in [0.25, 0.3) is 0 Å². The Balaban J connectivity index is 2.16. The predicted molar refractivity (Wildman–Crippen MR) is 104 cm³/mol. The second kappa shape index (κ2) is 7.25. The van der Waals surface area contributed by atoms with Gasteiger partial charge in [0.1, 0.15) is 0 Å². The number of rotatable bonds is 3. The average Bonchev–Trinajstić information content (AvgIpc) is 2.82. The molecule has 2 heterocycles. The average molecular weight is 413 g/mol. The number of fused-ring (bicyclic) bond motifs is 1. The summed E-state index contributed by atoms with van der Waals surface area (Å²) < 4.78 is 5.41. The van der Waals surface area contributed by atoms with Gasteiger partial charge in [0.05, 0.1) is 38.7 Å². The molecule has 26 heavy (non-hydrogen) atoms. The van der Waals surface area contributed by atoms with E-state index in [1.807, 2.05) is 6.92 Å². The number of hydrogen-bond donors (Lipinski definition) is 0. The number of thioether (sulfide) groups is 1. The Morgan fingerprint density at radius 3 is 2.62 bits per heavy atom. The minimum atomic E-state index is -0.645. The number of carbonyl (C=O) groups excluding carboxylic acids is 2. The number of esters is 1. The molecule has 2 atom stereocenters. The number of halogens is 2. The van der Waals surface area contributed by atoms with Gasteiger partial charge in [0.15, 0.2) is 5.17 Å². The predicted octanol–water partition coefficient (Wildman–Crippen LogP) is 4.59. The number of hydrogen-bond acceptors (Lipinski definition) is 5. The Labute approximate surface area is 166 Å². The van der Waals surface area contributed by atoms with Crippen molar-refractivity contribution in [1.82, 2.24) is 4.90 Å². The van der Waals surface area contributed by atoms with Crippen LogP contribution in [0.5, 0.6) is 0 Å². The van der Waals surface area contributed by atoms with Crippen molar-refractivity contribution in [3.63, 3.8) is 0 Å². The maximum atomic E-state index is 12.8. The van der Waals surface area contributed by atoms with Gasteiger partial charge < -0.3 is 4.74 Å². The fourth-order valence-corrected chi connectivity index (χ4v) is 4.27. The van der Waals surface area contributed by atoms with Gasteiger partial charge >= 0.3 is 5.97 Å². The van der Waals surface area contributed by atoms with Crippen molar-refractivity contribution in [3.05, 3.63) is 45.1 Å². The molecule has 1 aromatic carbocycles. The first kappa shape index (κ1) is 19.3. The number of aliphatic imine (C=N–C) groups is 1. The van der Waals surface area contributed by atoms with Gasteiger partial charge in [-0.2, -0.15) is 0 Å². The summed E-state index contributed by atoms with van der Waals surface area (Å²) >= 11 is 13.6. The van der Waals surface area contributed by atoms with Crippen LogP contribution in [0.1, 0.15) is 39.3 Å². The maximum Gasteiger partial charge on any atom is 0.338 e. The maximum absolute atomic E-state index is 12.8. The van der Waals surface area contributed by atoms with Gasteiger partial charge in [-0.1, -0.05) is 41.0 Å². The smallest absolute Gasteiger partial charge is 0.338 e. The Morgan fingerprint density at radius 1 is 1.31 bits per heavy atom. The number of amidine groups is 1. The standard InChI is InChI=1S/C18H18Cl2N2O3S/c1-8(2)25-17(24)14-9(3)21-18-22(16(23)10(4)26-18)15(14)11-5-6-12(19)13(20)7-11/h5-8,10,15H,1-4H3/t10-,15+/m0/s1. The van der Waals surface area contributed by atoms with Crippen LogP contribution in [0.3, 0.4) is 0 Å². The van der Waals surface area contributed by atoms with Gasteiger partial charge in [0.25, 0.3) is 0 Å². The minimum absolute atomic E-state index is 0.104. The zero-order chi connectivity index (χ0) is 19.2. The van der Waals surface area contributed by atoms with E-state index in [-0.39, 0.29) is 17.3 Å². The van der Waals surface area contributed by atoms with E-state index in [0.717, 1.165) is 0 Å². The first-order valence-corrected chi connectivity index (χ1v) is 9.79. The highest BCUT2D eigenvalue weighted by molar-refractivity contribution is 8.15. The second-order valence-corrected chi connectivity index (χ2v) is 8.51. The highest BCUT2D eigenvalue weighted by Crippen LogP contribution is 2.44. The van der Waals surface area contributed by atoms with Crippen molar-refractivity contribution in [2.24, 2.45) is 4.99 Å². The van der Waals surface area contributed by atoms with Crippen molar-refractivity contribution < 1.29 is 14.3 Å². The van der Waals surface area contributed by atoms with Crippen LogP contribution < -0.4 is 0 Å². The molecule has 1 saturated heterocycles. The summed E-state index contributed by atoms with van der Waals surface area (Å²) in [5, 5.41) is 1.07. The molecule has 0 radical (unpaired) electrons. The van der Waals surface area contributed by atoms with Gasteiger partial charge in [-0.15, -0.1) is 0 Å². The Hall–Kier alpha value is -1.50.